The zero-order valence-electron chi connectivity index (χ0n) is 11.2. The smallest absolute Gasteiger partial charge is 0.0798 e. The summed E-state index contributed by atoms with van der Waals surface area (Å²) in [5, 5.41) is 12.5. The van der Waals surface area contributed by atoms with Crippen LogP contribution in [0.25, 0.3) is 0 Å². The van der Waals surface area contributed by atoms with E-state index in [1.807, 2.05) is 0 Å². The van der Waals surface area contributed by atoms with Crippen molar-refractivity contribution >= 4 is 11.3 Å². The van der Waals surface area contributed by atoms with Crippen molar-refractivity contribution in [3.05, 3.63) is 56.8 Å². The van der Waals surface area contributed by atoms with Gasteiger partial charge in [0.15, 0.2) is 0 Å². The molecule has 2 aromatic rings. The Hall–Kier alpha value is -1.12. The van der Waals surface area contributed by atoms with Crippen molar-refractivity contribution in [2.75, 3.05) is 0 Å². The van der Waals surface area contributed by atoms with Gasteiger partial charge in [0, 0.05) is 4.88 Å². The van der Waals surface area contributed by atoms with Gasteiger partial charge in [-0.1, -0.05) is 23.8 Å². The summed E-state index contributed by atoms with van der Waals surface area (Å²) in [6, 6.07) is 8.49. The van der Waals surface area contributed by atoms with Crippen LogP contribution in [0.15, 0.2) is 29.6 Å². The Kier molecular flexibility index (Phi) is 4.20. The molecule has 1 heterocycles. The molecule has 1 aromatic carbocycles. The average molecular weight is 260 g/mol. The Morgan fingerprint density at radius 1 is 1.17 bits per heavy atom. The summed E-state index contributed by atoms with van der Waals surface area (Å²) in [6.45, 7) is 6.27. The number of aliphatic hydroxyl groups is 1. The molecule has 1 atom stereocenters. The molecule has 0 aliphatic rings. The summed E-state index contributed by atoms with van der Waals surface area (Å²) in [6.07, 6.45) is 1.39. The lowest BCUT2D eigenvalue weighted by Gasteiger charge is -2.17. The van der Waals surface area contributed by atoms with E-state index in [9.17, 15) is 5.11 Å². The number of rotatable bonds is 4. The van der Waals surface area contributed by atoms with Crippen LogP contribution < -0.4 is 0 Å². The van der Waals surface area contributed by atoms with Crippen molar-refractivity contribution in [1.29, 1.82) is 0 Å². The van der Waals surface area contributed by atoms with Crippen LogP contribution in [0.3, 0.4) is 0 Å². The van der Waals surface area contributed by atoms with Crippen molar-refractivity contribution in [3.8, 4) is 0 Å². The minimum Gasteiger partial charge on any atom is -0.388 e. The predicted molar refractivity (Wildman–Crippen MR) is 78.3 cm³/mol. The molecule has 2 heteroatoms. The molecule has 2 rings (SSSR count). The van der Waals surface area contributed by atoms with Gasteiger partial charge in [-0.05, 0) is 61.7 Å². The van der Waals surface area contributed by atoms with Crippen molar-refractivity contribution < 1.29 is 5.11 Å². The van der Waals surface area contributed by atoms with Crippen LogP contribution in [0.1, 0.15) is 39.7 Å². The molecule has 0 fully saturated rings. The third-order valence-corrected chi connectivity index (χ3v) is 4.25. The maximum atomic E-state index is 10.4. The topological polar surface area (TPSA) is 20.2 Å². The highest BCUT2D eigenvalue weighted by Gasteiger charge is 2.13. The van der Waals surface area contributed by atoms with E-state index >= 15 is 0 Å². The normalized spacial score (nSPS) is 12.7. The molecule has 0 spiro atoms. The first-order valence-electron chi connectivity index (χ1n) is 6.36. The third-order valence-electron chi connectivity index (χ3n) is 3.32. The standard InChI is InChI=1S/C16H20OS/c1-11-9-12(2)16(13(3)10-11)15(17)7-6-14-5-4-8-18-14/h4-5,8-10,15,17H,6-7H2,1-3H3. The fraction of sp³-hybridized carbons (Fsp3) is 0.375. The van der Waals surface area contributed by atoms with Gasteiger partial charge < -0.3 is 5.11 Å². The highest BCUT2D eigenvalue weighted by Crippen LogP contribution is 2.27. The lowest BCUT2D eigenvalue weighted by atomic mass is 9.93. The average Bonchev–Trinajstić information content (AvgIpc) is 2.77. The lowest BCUT2D eigenvalue weighted by Crippen LogP contribution is -2.04. The number of thiophene rings is 1. The first-order chi connectivity index (χ1) is 8.58. The van der Waals surface area contributed by atoms with Gasteiger partial charge in [0.25, 0.3) is 0 Å². The highest BCUT2D eigenvalue weighted by atomic mass is 32.1. The molecule has 0 aliphatic carbocycles. The Morgan fingerprint density at radius 2 is 1.83 bits per heavy atom. The number of benzene rings is 1. The van der Waals surface area contributed by atoms with Crippen LogP contribution in [0.2, 0.25) is 0 Å². The Morgan fingerprint density at radius 3 is 2.39 bits per heavy atom. The molecule has 0 aliphatic heterocycles. The van der Waals surface area contributed by atoms with Gasteiger partial charge in [-0.15, -0.1) is 11.3 Å². The van der Waals surface area contributed by atoms with E-state index in [1.54, 1.807) is 11.3 Å². The Bertz CT molecular complexity index is 491. The molecular formula is C16H20OS. The summed E-state index contributed by atoms with van der Waals surface area (Å²) in [5.74, 6) is 0. The van der Waals surface area contributed by atoms with E-state index in [4.69, 9.17) is 0 Å². The fourth-order valence-electron chi connectivity index (χ4n) is 2.59. The SMILES string of the molecule is Cc1cc(C)c(C(O)CCc2cccs2)c(C)c1. The summed E-state index contributed by atoms with van der Waals surface area (Å²) in [5.41, 5.74) is 4.77. The molecule has 0 saturated heterocycles. The molecule has 1 unspecified atom stereocenters. The zero-order valence-corrected chi connectivity index (χ0v) is 12.1. The Labute approximate surface area is 113 Å². The van der Waals surface area contributed by atoms with Crippen molar-refractivity contribution in [2.24, 2.45) is 0 Å². The first kappa shape index (κ1) is 13.3. The van der Waals surface area contributed by atoms with Gasteiger partial charge in [-0.25, -0.2) is 0 Å². The minimum absolute atomic E-state index is 0.354. The van der Waals surface area contributed by atoms with E-state index in [-0.39, 0.29) is 6.10 Å². The molecular weight excluding hydrogens is 240 g/mol. The van der Waals surface area contributed by atoms with E-state index in [1.165, 1.54) is 21.6 Å². The second kappa shape index (κ2) is 5.68. The molecule has 96 valence electrons. The fourth-order valence-corrected chi connectivity index (χ4v) is 3.32. The molecule has 18 heavy (non-hydrogen) atoms. The van der Waals surface area contributed by atoms with Gasteiger partial charge in [0.1, 0.15) is 0 Å². The Balaban J connectivity index is 2.11. The molecule has 0 saturated carbocycles. The summed E-state index contributed by atoms with van der Waals surface area (Å²) >= 11 is 1.76. The monoisotopic (exact) mass is 260 g/mol. The molecule has 0 radical (unpaired) electrons. The van der Waals surface area contributed by atoms with Crippen LogP contribution in [-0.4, -0.2) is 5.11 Å². The second-order valence-electron chi connectivity index (χ2n) is 4.95. The summed E-state index contributed by atoms with van der Waals surface area (Å²) < 4.78 is 0. The second-order valence-corrected chi connectivity index (χ2v) is 5.98. The molecule has 1 nitrogen and oxygen atoms in total. The number of aliphatic hydroxyl groups excluding tert-OH is 1. The summed E-state index contributed by atoms with van der Waals surface area (Å²) in [7, 11) is 0. The van der Waals surface area contributed by atoms with Gasteiger partial charge in [-0.3, -0.25) is 0 Å². The van der Waals surface area contributed by atoms with Crippen LogP contribution in [0.5, 0.6) is 0 Å². The van der Waals surface area contributed by atoms with Crippen molar-refractivity contribution in [1.82, 2.24) is 0 Å². The minimum atomic E-state index is -0.354. The van der Waals surface area contributed by atoms with Crippen molar-refractivity contribution in [2.45, 2.75) is 39.7 Å². The maximum Gasteiger partial charge on any atom is 0.0798 e. The highest BCUT2D eigenvalue weighted by molar-refractivity contribution is 7.09. The number of aryl methyl sites for hydroxylation is 4. The summed E-state index contributed by atoms with van der Waals surface area (Å²) in [4.78, 5) is 1.34. The van der Waals surface area contributed by atoms with Crippen LogP contribution >= 0.6 is 11.3 Å². The molecule has 1 aromatic heterocycles. The molecule has 0 amide bonds. The molecule has 0 bridgehead atoms. The van der Waals surface area contributed by atoms with Crippen molar-refractivity contribution in [3.63, 3.8) is 0 Å². The largest absolute Gasteiger partial charge is 0.388 e. The van der Waals surface area contributed by atoms with Crippen LogP contribution in [0.4, 0.5) is 0 Å². The van der Waals surface area contributed by atoms with E-state index in [0.29, 0.717) is 0 Å². The maximum absolute atomic E-state index is 10.4. The first-order valence-corrected chi connectivity index (χ1v) is 7.24. The lowest BCUT2D eigenvalue weighted by molar-refractivity contribution is 0.166. The number of hydrogen-bond acceptors (Lipinski definition) is 2. The van der Waals surface area contributed by atoms with Gasteiger partial charge >= 0.3 is 0 Å². The van der Waals surface area contributed by atoms with Gasteiger partial charge in [-0.2, -0.15) is 0 Å². The number of hydrogen-bond donors (Lipinski definition) is 1. The third kappa shape index (κ3) is 3.01. The molecule has 1 N–H and O–H groups in total. The van der Waals surface area contributed by atoms with E-state index in [0.717, 1.165) is 18.4 Å². The van der Waals surface area contributed by atoms with Crippen LogP contribution in [0, 0.1) is 20.8 Å². The van der Waals surface area contributed by atoms with E-state index in [2.05, 4.69) is 50.4 Å². The predicted octanol–water partition coefficient (Wildman–Crippen LogP) is 4.34. The zero-order chi connectivity index (χ0) is 13.1. The quantitative estimate of drug-likeness (QED) is 0.867. The van der Waals surface area contributed by atoms with Gasteiger partial charge in [0.2, 0.25) is 0 Å². The van der Waals surface area contributed by atoms with Gasteiger partial charge in [0.05, 0.1) is 6.10 Å². The van der Waals surface area contributed by atoms with Crippen LogP contribution in [-0.2, 0) is 6.42 Å². The van der Waals surface area contributed by atoms with E-state index < -0.39 is 0 Å².